The summed E-state index contributed by atoms with van der Waals surface area (Å²) >= 11 is 0. The van der Waals surface area contributed by atoms with Gasteiger partial charge < -0.3 is 10.2 Å². The first-order valence-electron chi connectivity index (χ1n) is 5.24. The summed E-state index contributed by atoms with van der Waals surface area (Å²) in [7, 11) is 0. The molecule has 3 rings (SSSR count). The van der Waals surface area contributed by atoms with Gasteiger partial charge in [-0.3, -0.25) is 0 Å². The molecule has 74 valence electrons. The number of aliphatic hydroxyl groups is 2. The van der Waals surface area contributed by atoms with Crippen LogP contribution in [0.3, 0.4) is 0 Å². The highest BCUT2D eigenvalue weighted by atomic mass is 16.3. The van der Waals surface area contributed by atoms with Crippen molar-refractivity contribution in [2.45, 2.75) is 31.0 Å². The molecule has 1 saturated carbocycles. The van der Waals surface area contributed by atoms with E-state index >= 15 is 0 Å². The van der Waals surface area contributed by atoms with E-state index in [-0.39, 0.29) is 24.0 Å². The lowest BCUT2D eigenvalue weighted by Gasteiger charge is -2.15. The summed E-state index contributed by atoms with van der Waals surface area (Å²) in [6, 6.07) is 7.96. The van der Waals surface area contributed by atoms with Crippen molar-refractivity contribution in [1.82, 2.24) is 0 Å². The van der Waals surface area contributed by atoms with E-state index in [1.165, 1.54) is 0 Å². The van der Waals surface area contributed by atoms with Crippen molar-refractivity contribution in [3.63, 3.8) is 0 Å². The van der Waals surface area contributed by atoms with Crippen LogP contribution in [0.5, 0.6) is 0 Å². The Balaban J connectivity index is 2.13. The Hall–Kier alpha value is -0.860. The van der Waals surface area contributed by atoms with Crippen LogP contribution in [-0.4, -0.2) is 16.3 Å². The maximum Gasteiger partial charge on any atom is 0.0827 e. The lowest BCUT2D eigenvalue weighted by Crippen LogP contribution is -2.13. The van der Waals surface area contributed by atoms with Gasteiger partial charge >= 0.3 is 0 Å². The van der Waals surface area contributed by atoms with Crippen LogP contribution in [0.15, 0.2) is 24.3 Å². The van der Waals surface area contributed by atoms with Crippen LogP contribution >= 0.6 is 0 Å². The van der Waals surface area contributed by atoms with Gasteiger partial charge in [0.15, 0.2) is 0 Å². The molecule has 0 aromatic heterocycles. The Labute approximate surface area is 83.2 Å². The van der Waals surface area contributed by atoms with Gasteiger partial charge in [0.05, 0.1) is 12.2 Å². The second-order valence-electron chi connectivity index (χ2n) is 4.41. The van der Waals surface area contributed by atoms with Gasteiger partial charge in [-0.1, -0.05) is 24.3 Å². The van der Waals surface area contributed by atoms with Crippen LogP contribution in [-0.2, 0) is 0 Å². The Morgan fingerprint density at radius 1 is 1.00 bits per heavy atom. The largest absolute Gasteiger partial charge is 0.392 e. The summed E-state index contributed by atoms with van der Waals surface area (Å²) in [6.45, 7) is 0. The molecular weight excluding hydrogens is 176 g/mol. The molecule has 0 aliphatic heterocycles. The number of benzene rings is 1. The monoisotopic (exact) mass is 190 g/mol. The van der Waals surface area contributed by atoms with Gasteiger partial charge in [-0.05, 0) is 29.9 Å². The number of hydrogen-bond acceptors (Lipinski definition) is 2. The molecule has 2 nitrogen and oxygen atoms in total. The van der Waals surface area contributed by atoms with Crippen molar-refractivity contribution >= 4 is 0 Å². The van der Waals surface area contributed by atoms with Gasteiger partial charge in [-0.25, -0.2) is 0 Å². The number of rotatable bonds is 0. The first-order chi connectivity index (χ1) is 6.79. The molecule has 1 aromatic rings. The molecule has 0 saturated heterocycles. The van der Waals surface area contributed by atoms with Crippen LogP contribution in [0.1, 0.15) is 36.0 Å². The molecule has 0 amide bonds. The Morgan fingerprint density at radius 3 is 2.50 bits per heavy atom. The summed E-state index contributed by atoms with van der Waals surface area (Å²) < 4.78 is 0. The van der Waals surface area contributed by atoms with Crippen molar-refractivity contribution in [3.05, 3.63) is 35.4 Å². The summed E-state index contributed by atoms with van der Waals surface area (Å²) in [5.74, 6) is 0.434. The summed E-state index contributed by atoms with van der Waals surface area (Å²) in [5, 5.41) is 19.9. The molecule has 1 aromatic carbocycles. The van der Waals surface area contributed by atoms with Crippen molar-refractivity contribution in [1.29, 1.82) is 0 Å². The summed E-state index contributed by atoms with van der Waals surface area (Å²) in [6.07, 6.45) is 1.18. The smallest absolute Gasteiger partial charge is 0.0827 e. The molecule has 4 atom stereocenters. The number of fused-ring (bicyclic) bond motifs is 3. The van der Waals surface area contributed by atoms with Gasteiger partial charge in [0.1, 0.15) is 0 Å². The predicted octanol–water partition coefficient (Wildman–Crippen LogP) is 1.59. The average molecular weight is 190 g/mol. The fourth-order valence-electron chi connectivity index (χ4n) is 3.11. The Kier molecular flexibility index (Phi) is 1.70. The number of aliphatic hydroxyl groups excluding tert-OH is 2. The first kappa shape index (κ1) is 8.45. The van der Waals surface area contributed by atoms with E-state index in [1.54, 1.807) is 0 Å². The number of hydrogen-bond donors (Lipinski definition) is 2. The van der Waals surface area contributed by atoms with Crippen LogP contribution < -0.4 is 0 Å². The van der Waals surface area contributed by atoms with Crippen LogP contribution in [0.2, 0.25) is 0 Å². The lowest BCUT2D eigenvalue weighted by atomic mass is 9.94. The van der Waals surface area contributed by atoms with E-state index in [9.17, 15) is 10.2 Å². The second-order valence-corrected chi connectivity index (χ2v) is 4.41. The molecular formula is C12H14O2. The third kappa shape index (κ3) is 0.928. The third-order valence-corrected chi connectivity index (χ3v) is 3.75. The fraction of sp³-hybridized carbons (Fsp3) is 0.500. The zero-order chi connectivity index (χ0) is 9.71. The van der Waals surface area contributed by atoms with Crippen LogP contribution in [0, 0.1) is 5.92 Å². The van der Waals surface area contributed by atoms with E-state index in [4.69, 9.17) is 0 Å². The van der Waals surface area contributed by atoms with Crippen LogP contribution in [0.25, 0.3) is 0 Å². The lowest BCUT2D eigenvalue weighted by molar-refractivity contribution is 0.101. The topological polar surface area (TPSA) is 40.5 Å². The SMILES string of the molecule is OC1CCC2C(O)c3ccccc3C12. The van der Waals surface area contributed by atoms with E-state index in [0.29, 0.717) is 0 Å². The first-order valence-corrected chi connectivity index (χ1v) is 5.24. The van der Waals surface area contributed by atoms with Gasteiger partial charge in [-0.15, -0.1) is 0 Å². The molecule has 14 heavy (non-hydrogen) atoms. The second kappa shape index (κ2) is 2.81. The van der Waals surface area contributed by atoms with E-state index < -0.39 is 0 Å². The highest BCUT2D eigenvalue weighted by Gasteiger charge is 2.46. The minimum Gasteiger partial charge on any atom is -0.392 e. The molecule has 0 heterocycles. The molecule has 2 heteroatoms. The maximum absolute atomic E-state index is 10.1. The zero-order valence-electron chi connectivity index (χ0n) is 7.93. The fourth-order valence-corrected chi connectivity index (χ4v) is 3.11. The zero-order valence-corrected chi connectivity index (χ0v) is 7.93. The van der Waals surface area contributed by atoms with Gasteiger partial charge in [0.25, 0.3) is 0 Å². The third-order valence-electron chi connectivity index (χ3n) is 3.75. The van der Waals surface area contributed by atoms with Crippen molar-refractivity contribution in [2.75, 3.05) is 0 Å². The molecule has 2 aliphatic rings. The normalized spacial score (nSPS) is 39.6. The Morgan fingerprint density at radius 2 is 1.71 bits per heavy atom. The quantitative estimate of drug-likeness (QED) is 0.652. The van der Waals surface area contributed by atoms with Gasteiger partial charge in [0, 0.05) is 5.92 Å². The molecule has 4 unspecified atom stereocenters. The Bertz CT molecular complexity index is 361. The molecule has 2 aliphatic carbocycles. The highest BCUT2D eigenvalue weighted by Crippen LogP contribution is 2.53. The highest BCUT2D eigenvalue weighted by molar-refractivity contribution is 5.40. The van der Waals surface area contributed by atoms with Gasteiger partial charge in [-0.2, -0.15) is 0 Å². The van der Waals surface area contributed by atoms with E-state index in [1.807, 2.05) is 24.3 Å². The molecule has 2 N–H and O–H groups in total. The standard InChI is InChI=1S/C12H14O2/c13-10-6-5-9-11(10)7-3-1-2-4-8(7)12(9)14/h1-4,9-14H,5-6H2. The summed E-state index contributed by atoms with van der Waals surface area (Å²) in [5.41, 5.74) is 2.19. The molecule has 0 bridgehead atoms. The minimum absolute atomic E-state index is 0.182. The molecule has 0 spiro atoms. The summed E-state index contributed by atoms with van der Waals surface area (Å²) in [4.78, 5) is 0. The average Bonchev–Trinajstić information content (AvgIpc) is 2.70. The van der Waals surface area contributed by atoms with Crippen molar-refractivity contribution in [2.24, 2.45) is 5.92 Å². The van der Waals surface area contributed by atoms with E-state index in [0.717, 1.165) is 24.0 Å². The minimum atomic E-state index is -0.353. The maximum atomic E-state index is 10.1. The van der Waals surface area contributed by atoms with Crippen molar-refractivity contribution in [3.8, 4) is 0 Å². The van der Waals surface area contributed by atoms with Gasteiger partial charge in [0.2, 0.25) is 0 Å². The van der Waals surface area contributed by atoms with Crippen molar-refractivity contribution < 1.29 is 10.2 Å². The van der Waals surface area contributed by atoms with E-state index in [2.05, 4.69) is 0 Å². The van der Waals surface area contributed by atoms with Crippen LogP contribution in [0.4, 0.5) is 0 Å². The molecule has 1 fully saturated rings. The molecule has 0 radical (unpaired) electrons. The predicted molar refractivity (Wildman–Crippen MR) is 52.9 cm³/mol.